The van der Waals surface area contributed by atoms with Crippen molar-refractivity contribution in [3.63, 3.8) is 0 Å². The first-order chi connectivity index (χ1) is 15.1. The van der Waals surface area contributed by atoms with Crippen LogP contribution in [-0.2, 0) is 0 Å². The molecule has 1 aliphatic rings. The van der Waals surface area contributed by atoms with Crippen LogP contribution in [0, 0.1) is 0 Å². The number of nitrogens with zero attached hydrogens (tertiary/aromatic N) is 3. The van der Waals surface area contributed by atoms with E-state index in [0.29, 0.717) is 24.1 Å². The van der Waals surface area contributed by atoms with Gasteiger partial charge in [0.2, 0.25) is 5.95 Å². The van der Waals surface area contributed by atoms with E-state index in [4.69, 9.17) is 0 Å². The molecule has 0 aliphatic heterocycles. The molecule has 0 bridgehead atoms. The van der Waals surface area contributed by atoms with Crippen molar-refractivity contribution in [2.75, 3.05) is 11.9 Å². The third kappa shape index (κ3) is 4.93. The summed E-state index contributed by atoms with van der Waals surface area (Å²) in [5.41, 5.74) is 2.29. The van der Waals surface area contributed by atoms with Crippen LogP contribution in [0.1, 0.15) is 55.4 Å². The third-order valence-corrected chi connectivity index (χ3v) is 6.05. The Kier molecular flexibility index (Phi) is 5.94. The van der Waals surface area contributed by atoms with Gasteiger partial charge in [-0.2, -0.15) is 18.2 Å². The number of benzene rings is 1. The zero-order valence-electron chi connectivity index (χ0n) is 17.7. The Bertz CT molecular complexity index is 1100. The highest BCUT2D eigenvalue weighted by Gasteiger charge is 2.31. The maximum Gasteiger partial charge on any atom is 0.390 e. The topological polar surface area (TPSA) is 80.0 Å². The van der Waals surface area contributed by atoms with Crippen LogP contribution in [-0.4, -0.2) is 44.2 Å². The number of carbonyl (C=O) groups excluding carboxylic acids is 1. The predicted octanol–water partition coefficient (Wildman–Crippen LogP) is 5.14. The second-order valence-corrected chi connectivity index (χ2v) is 8.64. The summed E-state index contributed by atoms with van der Waals surface area (Å²) in [4.78, 5) is 19.8. The monoisotopic (exact) mass is 446 g/mol. The fourth-order valence-corrected chi connectivity index (χ4v) is 4.18. The summed E-state index contributed by atoms with van der Waals surface area (Å²) in [6, 6.07) is 7.28. The maximum absolute atomic E-state index is 12.5. The quantitative estimate of drug-likeness (QED) is 0.513. The molecule has 9 heteroatoms. The van der Waals surface area contributed by atoms with E-state index >= 15 is 0 Å². The Balaban J connectivity index is 1.71. The van der Waals surface area contributed by atoms with Gasteiger partial charge in [0.25, 0.3) is 0 Å². The predicted molar refractivity (Wildman–Crippen MR) is 116 cm³/mol. The first-order valence-corrected chi connectivity index (χ1v) is 10.6. The first kappa shape index (κ1) is 22.3. The molecule has 1 aliphatic carbocycles. The van der Waals surface area contributed by atoms with Crippen LogP contribution in [0.4, 0.5) is 19.1 Å². The molecule has 6 nitrogen and oxygen atoms in total. The first-order valence-electron chi connectivity index (χ1n) is 10.6. The number of alkyl halides is 3. The van der Waals surface area contributed by atoms with Crippen molar-refractivity contribution < 1.29 is 23.1 Å². The van der Waals surface area contributed by atoms with Gasteiger partial charge in [-0.1, -0.05) is 24.3 Å². The average molecular weight is 446 g/mol. The van der Waals surface area contributed by atoms with Crippen molar-refractivity contribution in [3.05, 3.63) is 42.2 Å². The second-order valence-electron chi connectivity index (χ2n) is 8.64. The molecule has 0 spiro atoms. The Labute approximate surface area is 183 Å². The molecule has 170 valence electrons. The molecule has 4 rings (SSSR count). The lowest BCUT2D eigenvalue weighted by Gasteiger charge is -2.33. The van der Waals surface area contributed by atoms with Gasteiger partial charge < -0.3 is 15.0 Å². The molecule has 3 aromatic rings. The van der Waals surface area contributed by atoms with Crippen LogP contribution >= 0.6 is 0 Å². The van der Waals surface area contributed by atoms with Crippen molar-refractivity contribution in [3.8, 4) is 11.1 Å². The summed E-state index contributed by atoms with van der Waals surface area (Å²) >= 11 is 0. The fraction of sp³-hybridized carbons (Fsp3) is 0.435. The molecule has 32 heavy (non-hydrogen) atoms. The molecule has 2 N–H and O–H groups in total. The van der Waals surface area contributed by atoms with Crippen molar-refractivity contribution >= 4 is 23.3 Å². The minimum absolute atomic E-state index is 0.110. The number of fused-ring (bicyclic) bond motifs is 1. The van der Waals surface area contributed by atoms with Crippen LogP contribution in [0.2, 0.25) is 0 Å². The van der Waals surface area contributed by atoms with E-state index in [2.05, 4.69) is 15.3 Å². The van der Waals surface area contributed by atoms with Crippen LogP contribution < -0.4 is 5.32 Å². The lowest BCUT2D eigenvalue weighted by Crippen LogP contribution is -2.31. The van der Waals surface area contributed by atoms with Crippen LogP contribution in [0.5, 0.6) is 0 Å². The molecule has 0 unspecified atom stereocenters. The number of hydrogen-bond donors (Lipinski definition) is 2. The summed E-state index contributed by atoms with van der Waals surface area (Å²) in [5.74, 6) is 0.145. The largest absolute Gasteiger partial charge is 0.390 e. The Hall–Kier alpha value is -2.94. The molecular formula is C23H25F3N4O2. The molecule has 2 aromatic heterocycles. The number of aldehydes is 1. The van der Waals surface area contributed by atoms with E-state index in [0.717, 1.165) is 35.6 Å². The fourth-order valence-electron chi connectivity index (χ4n) is 4.18. The number of rotatable bonds is 6. The highest BCUT2D eigenvalue weighted by molar-refractivity contribution is 5.94. The zero-order chi connectivity index (χ0) is 22.9. The minimum atomic E-state index is -4.25. The number of hydrogen-bond acceptors (Lipinski definition) is 5. The minimum Gasteiger partial charge on any atom is -0.390 e. The van der Waals surface area contributed by atoms with Gasteiger partial charge in [0.05, 0.1) is 12.0 Å². The van der Waals surface area contributed by atoms with Gasteiger partial charge in [0.1, 0.15) is 11.9 Å². The molecule has 0 amide bonds. The number of nitrogens with one attached hydrogen (secondary N) is 1. The second kappa shape index (κ2) is 8.54. The van der Waals surface area contributed by atoms with Gasteiger partial charge in [-0.05, 0) is 38.2 Å². The summed E-state index contributed by atoms with van der Waals surface area (Å²) in [6.07, 6.45) is 2.01. The number of carbonyl (C=O) groups is 1. The van der Waals surface area contributed by atoms with E-state index in [1.165, 1.54) is 0 Å². The molecule has 1 saturated carbocycles. The van der Waals surface area contributed by atoms with Gasteiger partial charge in [-0.25, -0.2) is 4.98 Å². The number of aliphatic hydroxyl groups is 1. The van der Waals surface area contributed by atoms with Crippen molar-refractivity contribution in [2.45, 2.75) is 56.8 Å². The molecule has 0 radical (unpaired) electrons. The summed E-state index contributed by atoms with van der Waals surface area (Å²) in [5, 5.41) is 13.8. The van der Waals surface area contributed by atoms with Crippen molar-refractivity contribution in [1.82, 2.24) is 14.5 Å². The average Bonchev–Trinajstić information content (AvgIpc) is 3.12. The van der Waals surface area contributed by atoms with Crippen LogP contribution in [0.3, 0.4) is 0 Å². The van der Waals surface area contributed by atoms with Crippen molar-refractivity contribution in [1.29, 1.82) is 0 Å². The third-order valence-electron chi connectivity index (χ3n) is 6.05. The van der Waals surface area contributed by atoms with E-state index in [1.54, 1.807) is 18.3 Å². The highest BCUT2D eigenvalue weighted by atomic mass is 19.4. The summed E-state index contributed by atoms with van der Waals surface area (Å²) < 4.78 is 39.5. The number of halogens is 3. The lowest BCUT2D eigenvalue weighted by atomic mass is 9.83. The van der Waals surface area contributed by atoms with Gasteiger partial charge in [0.15, 0.2) is 0 Å². The lowest BCUT2D eigenvalue weighted by molar-refractivity contribution is -0.131. The number of anilines is 1. The Morgan fingerprint density at radius 2 is 1.94 bits per heavy atom. The maximum atomic E-state index is 12.5. The molecular weight excluding hydrogens is 421 g/mol. The highest BCUT2D eigenvalue weighted by Crippen LogP contribution is 2.39. The Morgan fingerprint density at radius 1 is 1.25 bits per heavy atom. The van der Waals surface area contributed by atoms with Gasteiger partial charge in [-0.3, -0.25) is 4.79 Å². The molecule has 0 atom stereocenters. The summed E-state index contributed by atoms with van der Waals surface area (Å²) in [6.45, 7) is 1.53. The Morgan fingerprint density at radius 3 is 2.56 bits per heavy atom. The van der Waals surface area contributed by atoms with E-state index in [1.807, 2.05) is 29.8 Å². The van der Waals surface area contributed by atoms with Gasteiger partial charge in [-0.15, -0.1) is 0 Å². The van der Waals surface area contributed by atoms with Crippen LogP contribution in [0.25, 0.3) is 22.2 Å². The van der Waals surface area contributed by atoms with Crippen LogP contribution in [0.15, 0.2) is 36.7 Å². The van der Waals surface area contributed by atoms with Crippen molar-refractivity contribution in [2.24, 2.45) is 0 Å². The van der Waals surface area contributed by atoms with Gasteiger partial charge in [0, 0.05) is 41.5 Å². The van der Waals surface area contributed by atoms with E-state index < -0.39 is 18.2 Å². The molecule has 0 saturated heterocycles. The summed E-state index contributed by atoms with van der Waals surface area (Å²) in [7, 11) is 0. The standard InChI is InChI=1S/C23H25F3N4O2/c1-22(32)8-6-17(7-9-22)30-13-19(16-4-2-15(14-31)3-5-16)18-12-28-21(29-20(18)30)27-11-10-23(24,25)26/h2-5,12-14,17,32H,6-11H2,1H3,(H,27,28,29). The van der Waals surface area contributed by atoms with E-state index in [9.17, 15) is 23.1 Å². The normalized spacial score (nSPS) is 21.6. The molecule has 2 heterocycles. The SMILES string of the molecule is CC1(O)CCC(n2cc(-c3ccc(C=O)cc3)c3cnc(NCCC(F)(F)F)nc32)CC1. The van der Waals surface area contributed by atoms with Gasteiger partial charge >= 0.3 is 6.18 Å². The molecule has 1 aromatic carbocycles. The smallest absolute Gasteiger partial charge is 0.390 e. The molecule has 1 fully saturated rings. The van der Waals surface area contributed by atoms with E-state index in [-0.39, 0.29) is 18.5 Å². The number of aromatic nitrogens is 3. The zero-order valence-corrected chi connectivity index (χ0v) is 17.7.